The van der Waals surface area contributed by atoms with Gasteiger partial charge in [0.2, 0.25) is 0 Å². The Hall–Kier alpha value is -2.17. The zero-order valence-corrected chi connectivity index (χ0v) is 22.1. The first-order valence-electron chi connectivity index (χ1n) is 13.8. The van der Waals surface area contributed by atoms with Crippen LogP contribution in [0.15, 0.2) is 36.1 Å². The third-order valence-electron chi connectivity index (χ3n) is 8.53. The Labute approximate surface area is 227 Å². The molecule has 2 fully saturated rings. The molecule has 2 nitrogen and oxygen atoms in total. The summed E-state index contributed by atoms with van der Waals surface area (Å²) in [5.74, 6) is -6.48. The maximum atomic E-state index is 14.9. The van der Waals surface area contributed by atoms with E-state index in [9.17, 15) is 39.5 Å². The van der Waals surface area contributed by atoms with Gasteiger partial charge in [0.05, 0.1) is 0 Å². The van der Waals surface area contributed by atoms with Gasteiger partial charge in [-0.05, 0) is 98.1 Å². The molecule has 0 spiro atoms. The number of hydrogen-bond donors (Lipinski definition) is 0. The van der Waals surface area contributed by atoms with Crippen LogP contribution in [0.1, 0.15) is 88.2 Å². The van der Waals surface area contributed by atoms with E-state index in [0.29, 0.717) is 24.7 Å². The molecule has 2 unspecified atom stereocenters. The van der Waals surface area contributed by atoms with E-state index < -0.39 is 47.5 Å². The van der Waals surface area contributed by atoms with Gasteiger partial charge in [-0.1, -0.05) is 32.6 Å². The van der Waals surface area contributed by atoms with E-state index in [-0.39, 0.29) is 29.7 Å². The average Bonchev–Trinajstić information content (AvgIpc) is 2.85. The van der Waals surface area contributed by atoms with Crippen LogP contribution in [0.4, 0.5) is 39.5 Å². The van der Waals surface area contributed by atoms with Gasteiger partial charge in [0.1, 0.15) is 23.0 Å². The van der Waals surface area contributed by atoms with Crippen LogP contribution in [-0.4, -0.2) is 18.4 Å². The summed E-state index contributed by atoms with van der Waals surface area (Å²) < 4.78 is 132. The molecule has 0 saturated heterocycles. The zero-order chi connectivity index (χ0) is 29.3. The Kier molecular flexibility index (Phi) is 9.22. The van der Waals surface area contributed by atoms with Crippen molar-refractivity contribution in [2.45, 2.75) is 102 Å². The van der Waals surface area contributed by atoms with E-state index >= 15 is 0 Å². The fraction of sp³-hybridized carbons (Fsp3) is 0.655. The van der Waals surface area contributed by atoms with Crippen LogP contribution in [0.3, 0.4) is 0 Å². The summed E-state index contributed by atoms with van der Waals surface area (Å²) in [6.07, 6.45) is -2.76. The van der Waals surface area contributed by atoms with E-state index in [1.165, 1.54) is 38.5 Å². The summed E-state index contributed by atoms with van der Waals surface area (Å²) in [7, 11) is 0. The van der Waals surface area contributed by atoms with Crippen molar-refractivity contribution in [3.05, 3.63) is 58.9 Å². The van der Waals surface area contributed by atoms with Crippen LogP contribution < -0.4 is 0 Å². The monoisotopic (exact) mass is 584 g/mol. The first kappa shape index (κ1) is 30.8. The quantitative estimate of drug-likeness (QED) is 0.283. The molecule has 2 atom stereocenters. The SMILES string of the molecule is CCCC1CCC(C2CCC(c3cc(F)c(C(F)(F)OC4=CC(F)C(F)(OC(F)(F)F)C=C4)c(F)c3)CC2)CC1. The maximum Gasteiger partial charge on any atom is 0.525 e. The first-order chi connectivity index (χ1) is 18.7. The van der Waals surface area contributed by atoms with Crippen LogP contribution in [0, 0.1) is 29.4 Å². The lowest BCUT2D eigenvalue weighted by atomic mass is 9.68. The first-order valence-corrected chi connectivity index (χ1v) is 13.8. The number of hydrogen-bond acceptors (Lipinski definition) is 2. The summed E-state index contributed by atoms with van der Waals surface area (Å²) in [4.78, 5) is 0. The summed E-state index contributed by atoms with van der Waals surface area (Å²) >= 11 is 0. The third kappa shape index (κ3) is 7.18. The molecule has 0 bridgehead atoms. The predicted molar refractivity (Wildman–Crippen MR) is 129 cm³/mol. The molecule has 0 heterocycles. The summed E-state index contributed by atoms with van der Waals surface area (Å²) in [6.45, 7) is 2.20. The minimum Gasteiger partial charge on any atom is -0.429 e. The van der Waals surface area contributed by atoms with Crippen LogP contribution in [-0.2, 0) is 15.6 Å². The van der Waals surface area contributed by atoms with Gasteiger partial charge in [-0.3, -0.25) is 0 Å². The number of allylic oxidation sites excluding steroid dienone is 1. The van der Waals surface area contributed by atoms with E-state index in [1.54, 1.807) is 0 Å². The van der Waals surface area contributed by atoms with Crippen molar-refractivity contribution in [3.63, 3.8) is 0 Å². The lowest BCUT2D eigenvalue weighted by Gasteiger charge is -2.38. The number of halogens is 9. The molecular weight excluding hydrogens is 551 g/mol. The molecule has 1 aromatic rings. The fourth-order valence-electron chi connectivity index (χ4n) is 6.52. The Bertz CT molecular complexity index is 1060. The number of rotatable bonds is 8. The molecule has 0 aromatic heterocycles. The van der Waals surface area contributed by atoms with Crippen molar-refractivity contribution in [1.82, 2.24) is 0 Å². The summed E-state index contributed by atoms with van der Waals surface area (Å²) in [5, 5.41) is 0. The van der Waals surface area contributed by atoms with Crippen molar-refractivity contribution >= 4 is 0 Å². The van der Waals surface area contributed by atoms with Crippen molar-refractivity contribution < 1.29 is 49.0 Å². The number of ether oxygens (including phenoxy) is 2. The van der Waals surface area contributed by atoms with Crippen LogP contribution in [0.5, 0.6) is 0 Å². The highest BCUT2D eigenvalue weighted by molar-refractivity contribution is 5.32. The van der Waals surface area contributed by atoms with Gasteiger partial charge >= 0.3 is 12.5 Å². The van der Waals surface area contributed by atoms with Gasteiger partial charge in [0, 0.05) is 0 Å². The van der Waals surface area contributed by atoms with Gasteiger partial charge < -0.3 is 4.74 Å². The predicted octanol–water partition coefficient (Wildman–Crippen LogP) is 9.90. The van der Waals surface area contributed by atoms with E-state index in [2.05, 4.69) is 16.4 Å². The highest BCUT2D eigenvalue weighted by atomic mass is 19.4. The van der Waals surface area contributed by atoms with Gasteiger partial charge in [-0.25, -0.2) is 22.3 Å². The lowest BCUT2D eigenvalue weighted by molar-refractivity contribution is -0.388. The van der Waals surface area contributed by atoms with Gasteiger partial charge in [0.15, 0.2) is 6.17 Å². The minimum absolute atomic E-state index is 0.0292. The largest absolute Gasteiger partial charge is 0.525 e. The third-order valence-corrected chi connectivity index (χ3v) is 8.53. The second kappa shape index (κ2) is 12.0. The average molecular weight is 585 g/mol. The molecule has 3 aliphatic rings. The summed E-state index contributed by atoms with van der Waals surface area (Å²) in [6, 6.07) is 1.67. The summed E-state index contributed by atoms with van der Waals surface area (Å²) in [5.41, 5.74) is -1.48. The van der Waals surface area contributed by atoms with Crippen molar-refractivity contribution in [3.8, 4) is 0 Å². The van der Waals surface area contributed by atoms with Crippen molar-refractivity contribution in [1.29, 1.82) is 0 Å². The number of alkyl halides is 7. The van der Waals surface area contributed by atoms with E-state index in [0.717, 1.165) is 30.9 Å². The lowest BCUT2D eigenvalue weighted by Crippen LogP contribution is -2.41. The Morgan fingerprint density at radius 1 is 0.875 bits per heavy atom. The van der Waals surface area contributed by atoms with Gasteiger partial charge in [0.25, 0.3) is 5.85 Å². The van der Waals surface area contributed by atoms with Gasteiger partial charge in [-0.15, -0.1) is 13.2 Å². The standard InChI is InChI=1S/C29H33F9O2/c1-2-3-17-4-6-18(7-5-17)19-8-10-20(11-9-19)21-14-23(30)26(24(31)15-21)28(34,35)39-22-12-13-27(33,25(32)16-22)40-29(36,37)38/h12-20,25H,2-11H2,1H3. The highest BCUT2D eigenvalue weighted by Crippen LogP contribution is 2.46. The molecule has 0 N–H and O–H groups in total. The second-order valence-electron chi connectivity index (χ2n) is 11.2. The zero-order valence-electron chi connectivity index (χ0n) is 22.1. The Morgan fingerprint density at radius 2 is 1.43 bits per heavy atom. The van der Waals surface area contributed by atoms with E-state index in [4.69, 9.17) is 0 Å². The molecule has 11 heteroatoms. The smallest absolute Gasteiger partial charge is 0.429 e. The molecule has 2 saturated carbocycles. The molecule has 224 valence electrons. The second-order valence-corrected chi connectivity index (χ2v) is 11.2. The van der Waals surface area contributed by atoms with Crippen LogP contribution in [0.2, 0.25) is 0 Å². The Morgan fingerprint density at radius 3 is 1.93 bits per heavy atom. The normalized spacial score (nSPS) is 31.6. The Balaban J connectivity index is 1.39. The van der Waals surface area contributed by atoms with E-state index in [1.807, 2.05) is 0 Å². The van der Waals surface area contributed by atoms with Crippen LogP contribution in [0.25, 0.3) is 0 Å². The fourth-order valence-corrected chi connectivity index (χ4v) is 6.52. The van der Waals surface area contributed by atoms with Gasteiger partial charge in [-0.2, -0.15) is 8.78 Å². The molecule has 3 aliphatic carbocycles. The maximum absolute atomic E-state index is 14.9. The minimum atomic E-state index is -5.55. The molecule has 0 amide bonds. The topological polar surface area (TPSA) is 18.5 Å². The highest BCUT2D eigenvalue weighted by Gasteiger charge is 2.50. The molecule has 40 heavy (non-hydrogen) atoms. The molecular formula is C29H33F9O2. The van der Waals surface area contributed by atoms with Crippen molar-refractivity contribution in [2.75, 3.05) is 0 Å². The molecule has 4 rings (SSSR count). The van der Waals surface area contributed by atoms with Crippen molar-refractivity contribution in [2.24, 2.45) is 17.8 Å². The number of benzene rings is 1. The molecule has 0 aliphatic heterocycles. The molecule has 1 aromatic carbocycles. The molecule has 0 radical (unpaired) electrons. The van der Waals surface area contributed by atoms with Crippen LogP contribution >= 0.6 is 0 Å².